The number of hydrogen-bond donors (Lipinski definition) is 1. The van der Waals surface area contributed by atoms with Gasteiger partial charge >= 0.3 is 10.2 Å². The minimum absolute atomic E-state index is 0.179. The number of benzene rings is 2. The van der Waals surface area contributed by atoms with E-state index in [1.165, 1.54) is 32.3 Å². The molecule has 8 heteroatoms. The summed E-state index contributed by atoms with van der Waals surface area (Å²) in [5, 5.41) is 2.77. The van der Waals surface area contributed by atoms with Crippen molar-refractivity contribution in [3.8, 4) is 0 Å². The first-order valence-electron chi connectivity index (χ1n) is 8.51. The van der Waals surface area contributed by atoms with Crippen molar-refractivity contribution in [2.24, 2.45) is 0 Å². The highest BCUT2D eigenvalue weighted by molar-refractivity contribution is 7.90. The fourth-order valence-corrected chi connectivity index (χ4v) is 3.72. The normalized spacial score (nSPS) is 11.5. The predicted molar refractivity (Wildman–Crippen MR) is 106 cm³/mol. The second kappa shape index (κ2) is 8.49. The van der Waals surface area contributed by atoms with Gasteiger partial charge in [0, 0.05) is 19.8 Å². The summed E-state index contributed by atoms with van der Waals surface area (Å²) in [7, 11) is -1.40. The Morgan fingerprint density at radius 2 is 1.78 bits per heavy atom. The van der Waals surface area contributed by atoms with Gasteiger partial charge in [-0.15, -0.1) is 0 Å². The third kappa shape index (κ3) is 4.64. The van der Waals surface area contributed by atoms with Crippen molar-refractivity contribution in [2.45, 2.75) is 20.3 Å². The molecule has 0 saturated carbocycles. The van der Waals surface area contributed by atoms with Crippen LogP contribution in [-0.2, 0) is 21.4 Å². The lowest BCUT2D eigenvalue weighted by Gasteiger charge is -2.27. The SMILES string of the molecule is CCc1cccc(C)c1NC(=O)CN(c1ccccc1F)S(=O)(=O)N(C)C. The summed E-state index contributed by atoms with van der Waals surface area (Å²) in [6.45, 7) is 3.28. The van der Waals surface area contributed by atoms with Crippen LogP contribution in [0.2, 0.25) is 0 Å². The zero-order valence-electron chi connectivity index (χ0n) is 15.9. The lowest BCUT2D eigenvalue weighted by Crippen LogP contribution is -2.44. The van der Waals surface area contributed by atoms with E-state index in [9.17, 15) is 17.6 Å². The van der Waals surface area contributed by atoms with E-state index in [4.69, 9.17) is 0 Å². The van der Waals surface area contributed by atoms with Crippen LogP contribution in [0.25, 0.3) is 0 Å². The van der Waals surface area contributed by atoms with Gasteiger partial charge in [0.05, 0.1) is 5.69 Å². The lowest BCUT2D eigenvalue weighted by molar-refractivity contribution is -0.114. The largest absolute Gasteiger partial charge is 0.324 e. The van der Waals surface area contributed by atoms with Crippen LogP contribution in [0.1, 0.15) is 18.1 Å². The number of para-hydroxylation sites is 2. The fourth-order valence-electron chi connectivity index (χ4n) is 2.65. The van der Waals surface area contributed by atoms with Gasteiger partial charge in [-0.3, -0.25) is 4.79 Å². The van der Waals surface area contributed by atoms with Crippen molar-refractivity contribution >= 4 is 27.5 Å². The molecule has 1 amide bonds. The summed E-state index contributed by atoms with van der Waals surface area (Å²) >= 11 is 0. The molecule has 1 N–H and O–H groups in total. The molecule has 27 heavy (non-hydrogen) atoms. The number of hydrogen-bond acceptors (Lipinski definition) is 3. The van der Waals surface area contributed by atoms with Gasteiger partial charge in [-0.1, -0.05) is 37.3 Å². The van der Waals surface area contributed by atoms with Gasteiger partial charge in [-0.25, -0.2) is 8.70 Å². The maximum absolute atomic E-state index is 14.2. The van der Waals surface area contributed by atoms with Crippen molar-refractivity contribution in [1.29, 1.82) is 0 Å². The number of halogens is 1. The molecular weight excluding hydrogens is 369 g/mol. The summed E-state index contributed by atoms with van der Waals surface area (Å²) in [5.41, 5.74) is 2.29. The van der Waals surface area contributed by atoms with Gasteiger partial charge in [0.1, 0.15) is 12.4 Å². The van der Waals surface area contributed by atoms with E-state index < -0.39 is 28.5 Å². The quantitative estimate of drug-likeness (QED) is 0.786. The zero-order valence-corrected chi connectivity index (χ0v) is 16.7. The van der Waals surface area contributed by atoms with Crippen molar-refractivity contribution in [1.82, 2.24) is 4.31 Å². The third-order valence-electron chi connectivity index (χ3n) is 4.15. The summed E-state index contributed by atoms with van der Waals surface area (Å²) in [4.78, 5) is 12.6. The molecule has 0 atom stereocenters. The van der Waals surface area contributed by atoms with Crippen LogP contribution in [0.5, 0.6) is 0 Å². The van der Waals surface area contributed by atoms with Crippen molar-refractivity contribution in [2.75, 3.05) is 30.3 Å². The van der Waals surface area contributed by atoms with Gasteiger partial charge < -0.3 is 5.32 Å². The smallest absolute Gasteiger partial charge is 0.304 e. The number of aryl methyl sites for hydroxylation is 2. The maximum Gasteiger partial charge on any atom is 0.304 e. The minimum atomic E-state index is -4.06. The van der Waals surface area contributed by atoms with E-state index in [0.29, 0.717) is 12.1 Å². The van der Waals surface area contributed by atoms with Crippen LogP contribution in [-0.4, -0.2) is 39.3 Å². The van der Waals surface area contributed by atoms with Gasteiger partial charge in [0.2, 0.25) is 5.91 Å². The molecule has 2 aromatic carbocycles. The Morgan fingerprint density at radius 1 is 1.11 bits per heavy atom. The average molecular weight is 393 g/mol. The molecular formula is C19H24FN3O3S. The van der Waals surface area contributed by atoms with Crippen LogP contribution < -0.4 is 9.62 Å². The highest BCUT2D eigenvalue weighted by Crippen LogP contribution is 2.24. The highest BCUT2D eigenvalue weighted by Gasteiger charge is 2.29. The van der Waals surface area contributed by atoms with Crippen LogP contribution in [0.3, 0.4) is 0 Å². The molecule has 6 nitrogen and oxygen atoms in total. The molecule has 0 fully saturated rings. The Morgan fingerprint density at radius 3 is 2.37 bits per heavy atom. The Labute approximate surface area is 159 Å². The Bertz CT molecular complexity index is 930. The number of nitrogens with zero attached hydrogens (tertiary/aromatic N) is 2. The van der Waals surface area contributed by atoms with Crippen molar-refractivity contribution < 1.29 is 17.6 Å². The standard InChI is InChI=1S/C19H24FN3O3S/c1-5-15-10-8-9-14(2)19(15)21-18(24)13-23(27(25,26)22(3)4)17-12-7-6-11-16(17)20/h6-12H,5,13H2,1-4H3,(H,21,24). The van der Waals surface area contributed by atoms with E-state index in [1.54, 1.807) is 0 Å². The molecule has 0 aromatic heterocycles. The molecule has 146 valence electrons. The van der Waals surface area contributed by atoms with E-state index in [0.717, 1.165) is 25.8 Å². The first-order chi connectivity index (χ1) is 12.7. The molecule has 0 spiro atoms. The Kier molecular flexibility index (Phi) is 6.56. The monoisotopic (exact) mass is 393 g/mol. The van der Waals surface area contributed by atoms with E-state index in [1.807, 2.05) is 32.0 Å². The summed E-state index contributed by atoms with van der Waals surface area (Å²) in [6, 6.07) is 11.1. The molecule has 2 rings (SSSR count). The van der Waals surface area contributed by atoms with Crippen molar-refractivity contribution in [3.63, 3.8) is 0 Å². The fraction of sp³-hybridized carbons (Fsp3) is 0.316. The maximum atomic E-state index is 14.2. The summed E-state index contributed by atoms with van der Waals surface area (Å²) in [5.74, 6) is -1.27. The number of nitrogens with one attached hydrogen (secondary N) is 1. The topological polar surface area (TPSA) is 69.7 Å². The van der Waals surface area contributed by atoms with Gasteiger partial charge in [0.25, 0.3) is 0 Å². The van der Waals surface area contributed by atoms with Gasteiger partial charge in [0.15, 0.2) is 0 Å². The minimum Gasteiger partial charge on any atom is -0.324 e. The van der Waals surface area contributed by atoms with E-state index in [-0.39, 0.29) is 5.69 Å². The number of carbonyl (C=O) groups is 1. The first-order valence-corrected chi connectivity index (χ1v) is 9.91. The summed E-state index contributed by atoms with van der Waals surface area (Å²) < 4.78 is 41.3. The number of carbonyl (C=O) groups excluding carboxylic acids is 1. The van der Waals surface area contributed by atoms with Gasteiger partial charge in [-0.05, 0) is 36.6 Å². The third-order valence-corrected chi connectivity index (χ3v) is 5.96. The second-order valence-electron chi connectivity index (χ2n) is 6.26. The highest BCUT2D eigenvalue weighted by atomic mass is 32.2. The van der Waals surface area contributed by atoms with Crippen LogP contribution in [0.15, 0.2) is 42.5 Å². The summed E-state index contributed by atoms with van der Waals surface area (Å²) in [6.07, 6.45) is 0.713. The molecule has 0 aliphatic heterocycles. The first kappa shape index (κ1) is 20.9. The molecule has 0 radical (unpaired) electrons. The number of rotatable bonds is 7. The van der Waals surface area contributed by atoms with Crippen LogP contribution in [0, 0.1) is 12.7 Å². The molecule has 2 aromatic rings. The number of anilines is 2. The van der Waals surface area contributed by atoms with E-state index >= 15 is 0 Å². The molecule has 0 heterocycles. The van der Waals surface area contributed by atoms with Crippen LogP contribution in [0.4, 0.5) is 15.8 Å². The van der Waals surface area contributed by atoms with Gasteiger partial charge in [-0.2, -0.15) is 12.7 Å². The molecule has 0 bridgehead atoms. The second-order valence-corrected chi connectivity index (χ2v) is 8.33. The molecule has 0 aliphatic rings. The Hall–Kier alpha value is -2.45. The predicted octanol–water partition coefficient (Wildman–Crippen LogP) is 2.95. The van der Waals surface area contributed by atoms with E-state index in [2.05, 4.69) is 5.32 Å². The molecule has 0 aliphatic carbocycles. The molecule has 0 saturated heterocycles. The molecule has 0 unspecified atom stereocenters. The zero-order chi connectivity index (χ0) is 20.2. The average Bonchev–Trinajstić information content (AvgIpc) is 2.62. The lowest BCUT2D eigenvalue weighted by atomic mass is 10.1. The van der Waals surface area contributed by atoms with Crippen molar-refractivity contribution in [3.05, 3.63) is 59.4 Å². The Balaban J connectivity index is 2.37. The van der Waals surface area contributed by atoms with Crippen LogP contribution >= 0.6 is 0 Å². The number of amides is 1.